The number of hydrogen-bond donors (Lipinski definition) is 2. The molecule has 1 aromatic heterocycles. The number of furan rings is 1. The third-order valence-electron chi connectivity index (χ3n) is 3.60. The number of carboxylic acid groups (broad SMARTS) is 1. The molecule has 1 heterocycles. The van der Waals surface area contributed by atoms with Gasteiger partial charge in [-0.3, -0.25) is 4.79 Å². The lowest BCUT2D eigenvalue weighted by atomic mass is 10.2. The van der Waals surface area contributed by atoms with E-state index in [0.29, 0.717) is 18.7 Å². The molecule has 2 amide bonds. The van der Waals surface area contributed by atoms with Crippen molar-refractivity contribution in [2.75, 3.05) is 13.6 Å². The minimum Gasteiger partial charge on any atom is -0.481 e. The Labute approximate surface area is 128 Å². The Bertz CT molecular complexity index is 632. The van der Waals surface area contributed by atoms with Crippen molar-refractivity contribution in [3.63, 3.8) is 0 Å². The monoisotopic (exact) mass is 304 g/mol. The number of nitrogens with one attached hydrogen (secondary N) is 1. The van der Waals surface area contributed by atoms with Gasteiger partial charge in [0.05, 0.1) is 6.04 Å². The predicted molar refractivity (Wildman–Crippen MR) is 82.7 cm³/mol. The molecule has 2 N–H and O–H groups in total. The zero-order valence-electron chi connectivity index (χ0n) is 12.7. The molecule has 0 radical (unpaired) electrons. The van der Waals surface area contributed by atoms with Gasteiger partial charge >= 0.3 is 12.0 Å². The number of rotatable bonds is 6. The Kier molecular flexibility index (Phi) is 5.04. The summed E-state index contributed by atoms with van der Waals surface area (Å²) in [5, 5.41) is 12.3. The van der Waals surface area contributed by atoms with Gasteiger partial charge in [0, 0.05) is 25.4 Å². The minimum absolute atomic E-state index is 0.0448. The Morgan fingerprint density at radius 2 is 2.09 bits per heavy atom. The molecule has 6 heteroatoms. The van der Waals surface area contributed by atoms with Crippen LogP contribution in [0.4, 0.5) is 4.79 Å². The summed E-state index contributed by atoms with van der Waals surface area (Å²) in [6.45, 7) is 2.22. The molecule has 22 heavy (non-hydrogen) atoms. The normalized spacial score (nSPS) is 12.1. The van der Waals surface area contributed by atoms with Crippen molar-refractivity contribution in [2.24, 2.45) is 0 Å². The molecule has 0 aliphatic heterocycles. The van der Waals surface area contributed by atoms with Gasteiger partial charge in [0.1, 0.15) is 11.3 Å². The maximum absolute atomic E-state index is 12.0. The molecule has 0 saturated heterocycles. The molecule has 2 rings (SSSR count). The van der Waals surface area contributed by atoms with Gasteiger partial charge in [-0.25, -0.2) is 4.79 Å². The molecule has 0 aliphatic carbocycles. The van der Waals surface area contributed by atoms with E-state index in [4.69, 9.17) is 9.52 Å². The molecule has 118 valence electrons. The number of para-hydroxylation sites is 1. The number of carbonyl (C=O) groups excluding carboxylic acids is 1. The van der Waals surface area contributed by atoms with Gasteiger partial charge < -0.3 is 19.7 Å². The van der Waals surface area contributed by atoms with Crippen LogP contribution >= 0.6 is 0 Å². The van der Waals surface area contributed by atoms with Crippen molar-refractivity contribution >= 4 is 23.0 Å². The van der Waals surface area contributed by atoms with Crippen LogP contribution in [0.15, 0.2) is 34.7 Å². The number of carboxylic acids is 1. The van der Waals surface area contributed by atoms with E-state index >= 15 is 0 Å². The summed E-state index contributed by atoms with van der Waals surface area (Å²) in [5.41, 5.74) is 0.791. The predicted octanol–water partition coefficient (Wildman–Crippen LogP) is 3.00. The topological polar surface area (TPSA) is 82.8 Å². The Morgan fingerprint density at radius 3 is 2.77 bits per heavy atom. The van der Waals surface area contributed by atoms with Crippen LogP contribution in [0.3, 0.4) is 0 Å². The number of carbonyl (C=O) groups is 2. The molecule has 1 aromatic carbocycles. The summed E-state index contributed by atoms with van der Waals surface area (Å²) in [5.74, 6) is -0.150. The molecule has 1 unspecified atom stereocenters. The molecule has 6 nitrogen and oxygen atoms in total. The van der Waals surface area contributed by atoms with Gasteiger partial charge in [-0.1, -0.05) is 18.2 Å². The smallest absolute Gasteiger partial charge is 0.317 e. The highest BCUT2D eigenvalue weighted by Gasteiger charge is 2.20. The number of fused-ring (bicyclic) bond motifs is 1. The molecule has 2 aromatic rings. The number of hydrogen-bond acceptors (Lipinski definition) is 3. The molecule has 0 spiro atoms. The minimum atomic E-state index is -0.863. The van der Waals surface area contributed by atoms with E-state index < -0.39 is 5.97 Å². The largest absolute Gasteiger partial charge is 0.481 e. The van der Waals surface area contributed by atoms with Crippen LogP contribution in [-0.2, 0) is 4.79 Å². The Hall–Kier alpha value is -2.50. The summed E-state index contributed by atoms with van der Waals surface area (Å²) in [6.07, 6.45) is 0.455. The number of benzene rings is 1. The van der Waals surface area contributed by atoms with Crippen LogP contribution < -0.4 is 5.32 Å². The second-order valence-corrected chi connectivity index (χ2v) is 5.20. The van der Waals surface area contributed by atoms with Crippen LogP contribution in [0.2, 0.25) is 0 Å². The zero-order chi connectivity index (χ0) is 16.1. The lowest BCUT2D eigenvalue weighted by molar-refractivity contribution is -0.137. The second-order valence-electron chi connectivity index (χ2n) is 5.20. The van der Waals surface area contributed by atoms with E-state index in [1.54, 1.807) is 11.9 Å². The van der Waals surface area contributed by atoms with Crippen LogP contribution in [0.1, 0.15) is 31.6 Å². The lowest BCUT2D eigenvalue weighted by Crippen LogP contribution is -2.39. The van der Waals surface area contributed by atoms with Gasteiger partial charge in [-0.05, 0) is 25.5 Å². The first-order chi connectivity index (χ1) is 10.5. The summed E-state index contributed by atoms with van der Waals surface area (Å²) < 4.78 is 5.76. The van der Waals surface area contributed by atoms with Crippen molar-refractivity contribution < 1.29 is 19.1 Å². The van der Waals surface area contributed by atoms with E-state index in [9.17, 15) is 9.59 Å². The van der Waals surface area contributed by atoms with Gasteiger partial charge in [-0.2, -0.15) is 0 Å². The summed E-state index contributed by atoms with van der Waals surface area (Å²) in [6, 6.07) is 9.14. The van der Waals surface area contributed by atoms with Crippen LogP contribution in [-0.4, -0.2) is 35.6 Å². The van der Waals surface area contributed by atoms with Crippen molar-refractivity contribution in [1.29, 1.82) is 0 Å². The maximum atomic E-state index is 12.0. The van der Waals surface area contributed by atoms with Crippen LogP contribution in [0, 0.1) is 0 Å². The first kappa shape index (κ1) is 15.9. The summed E-state index contributed by atoms with van der Waals surface area (Å²) in [7, 11) is 1.68. The second kappa shape index (κ2) is 6.98. The van der Waals surface area contributed by atoms with Crippen LogP contribution in [0.5, 0.6) is 0 Å². The van der Waals surface area contributed by atoms with Gasteiger partial charge in [0.15, 0.2) is 0 Å². The molecule has 0 saturated carbocycles. The van der Waals surface area contributed by atoms with Crippen molar-refractivity contribution in [3.05, 3.63) is 36.1 Å². The SMILES string of the molecule is CC(c1cc2ccccc2o1)N(C)C(=O)NCCCC(=O)O. The number of amides is 2. The fourth-order valence-electron chi connectivity index (χ4n) is 2.13. The summed E-state index contributed by atoms with van der Waals surface area (Å²) in [4.78, 5) is 24.0. The maximum Gasteiger partial charge on any atom is 0.317 e. The van der Waals surface area contributed by atoms with Gasteiger partial charge in [0.25, 0.3) is 0 Å². The van der Waals surface area contributed by atoms with Crippen molar-refractivity contribution in [1.82, 2.24) is 10.2 Å². The highest BCUT2D eigenvalue weighted by molar-refractivity contribution is 5.78. The third-order valence-corrected chi connectivity index (χ3v) is 3.60. The molecule has 0 bridgehead atoms. The molecule has 1 atom stereocenters. The van der Waals surface area contributed by atoms with Gasteiger partial charge in [0.2, 0.25) is 0 Å². The first-order valence-corrected chi connectivity index (χ1v) is 7.20. The Morgan fingerprint density at radius 1 is 1.36 bits per heavy atom. The van der Waals surface area contributed by atoms with E-state index in [-0.39, 0.29) is 18.5 Å². The average Bonchev–Trinajstić information content (AvgIpc) is 2.93. The molecule has 0 fully saturated rings. The standard InChI is InChI=1S/C16H20N2O4/c1-11(14-10-12-6-3-4-7-13(12)22-14)18(2)16(21)17-9-5-8-15(19)20/h3-4,6-7,10-11H,5,8-9H2,1-2H3,(H,17,21)(H,19,20). The number of nitrogens with zero attached hydrogens (tertiary/aromatic N) is 1. The van der Waals surface area contributed by atoms with Crippen LogP contribution in [0.25, 0.3) is 11.0 Å². The van der Waals surface area contributed by atoms with Crippen molar-refractivity contribution in [3.8, 4) is 0 Å². The summed E-state index contributed by atoms with van der Waals surface area (Å²) >= 11 is 0. The molecular formula is C16H20N2O4. The van der Waals surface area contributed by atoms with E-state index in [0.717, 1.165) is 11.0 Å². The quantitative estimate of drug-likeness (QED) is 0.804. The third kappa shape index (κ3) is 3.78. The fraction of sp³-hybridized carbons (Fsp3) is 0.375. The first-order valence-electron chi connectivity index (χ1n) is 7.20. The lowest BCUT2D eigenvalue weighted by Gasteiger charge is -2.23. The molecule has 0 aliphatic rings. The zero-order valence-corrected chi connectivity index (χ0v) is 12.7. The van der Waals surface area contributed by atoms with Crippen molar-refractivity contribution in [2.45, 2.75) is 25.8 Å². The highest BCUT2D eigenvalue weighted by atomic mass is 16.4. The van der Waals surface area contributed by atoms with E-state index in [1.807, 2.05) is 37.3 Å². The molecular weight excluding hydrogens is 284 g/mol. The number of aliphatic carboxylic acids is 1. The Balaban J connectivity index is 1.94. The van der Waals surface area contributed by atoms with Gasteiger partial charge in [-0.15, -0.1) is 0 Å². The number of urea groups is 1. The average molecular weight is 304 g/mol. The highest BCUT2D eigenvalue weighted by Crippen LogP contribution is 2.26. The fourth-order valence-corrected chi connectivity index (χ4v) is 2.13. The van der Waals surface area contributed by atoms with E-state index in [1.165, 1.54) is 0 Å². The van der Waals surface area contributed by atoms with E-state index in [2.05, 4.69) is 5.32 Å².